The van der Waals surface area contributed by atoms with E-state index in [1.54, 1.807) is 24.3 Å². The molecule has 3 heterocycles. The van der Waals surface area contributed by atoms with Crippen molar-refractivity contribution in [2.75, 3.05) is 10.6 Å². The summed E-state index contributed by atoms with van der Waals surface area (Å²) in [5.41, 5.74) is 0.126. The highest BCUT2D eigenvalue weighted by atomic mass is 19.4. The van der Waals surface area contributed by atoms with E-state index in [2.05, 4.69) is 15.7 Å². The Morgan fingerprint density at radius 3 is 2.41 bits per heavy atom. The predicted molar refractivity (Wildman–Crippen MR) is 97.7 cm³/mol. The smallest absolute Gasteiger partial charge is 0.325 e. The molecule has 6 nitrogen and oxygen atoms in total. The number of amides is 2. The largest absolute Gasteiger partial charge is 0.416 e. The lowest BCUT2D eigenvalue weighted by Gasteiger charge is -2.31. The topological polar surface area (TPSA) is 76.0 Å². The van der Waals surface area contributed by atoms with Gasteiger partial charge in [0.05, 0.1) is 17.4 Å². The number of anilines is 2. The van der Waals surface area contributed by atoms with E-state index in [9.17, 15) is 22.8 Å². The zero-order valence-corrected chi connectivity index (χ0v) is 14.7. The monoisotopic (exact) mass is 398 g/mol. The quantitative estimate of drug-likeness (QED) is 0.659. The molecule has 9 heteroatoms. The van der Waals surface area contributed by atoms with Crippen LogP contribution in [-0.2, 0) is 21.2 Å². The van der Waals surface area contributed by atoms with Crippen molar-refractivity contribution in [1.29, 1.82) is 0 Å². The van der Waals surface area contributed by atoms with Gasteiger partial charge >= 0.3 is 6.18 Å². The fraction of sp³-hybridized carbons (Fsp3) is 0.150. The van der Waals surface area contributed by atoms with Gasteiger partial charge in [-0.1, -0.05) is 18.2 Å². The van der Waals surface area contributed by atoms with Crippen LogP contribution in [0.5, 0.6) is 0 Å². The summed E-state index contributed by atoms with van der Waals surface area (Å²) in [7, 11) is 0. The normalized spacial score (nSPS) is 20.2. The molecule has 0 saturated heterocycles. The maximum atomic E-state index is 13.0. The van der Waals surface area contributed by atoms with Crippen molar-refractivity contribution in [3.8, 4) is 5.69 Å². The Labute approximate surface area is 162 Å². The van der Waals surface area contributed by atoms with Crippen LogP contribution in [0, 0.1) is 0 Å². The molecule has 0 bridgehead atoms. The molecule has 2 N–H and O–H groups in total. The molecule has 0 saturated carbocycles. The molecule has 146 valence electrons. The van der Waals surface area contributed by atoms with Crippen LogP contribution in [-0.4, -0.2) is 21.6 Å². The summed E-state index contributed by atoms with van der Waals surface area (Å²) < 4.78 is 39.9. The summed E-state index contributed by atoms with van der Waals surface area (Å²) in [6, 6.07) is 11.5. The first-order valence-electron chi connectivity index (χ1n) is 8.78. The minimum Gasteiger partial charge on any atom is -0.325 e. The first-order chi connectivity index (χ1) is 13.8. The molecule has 2 aromatic carbocycles. The maximum absolute atomic E-state index is 13.0. The number of nitrogens with zero attached hydrogens (tertiary/aromatic N) is 2. The van der Waals surface area contributed by atoms with Crippen molar-refractivity contribution >= 4 is 23.3 Å². The number of aromatic nitrogens is 2. The van der Waals surface area contributed by atoms with E-state index < -0.39 is 17.2 Å². The predicted octanol–water partition coefficient (Wildman–Crippen LogP) is 3.47. The van der Waals surface area contributed by atoms with Crippen LogP contribution in [0.1, 0.15) is 23.1 Å². The number of hydrogen-bond acceptors (Lipinski definition) is 3. The van der Waals surface area contributed by atoms with Crippen LogP contribution in [0.3, 0.4) is 0 Å². The average molecular weight is 398 g/mol. The Bertz CT molecular complexity index is 1170. The molecule has 2 aliphatic rings. The highest BCUT2D eigenvalue weighted by molar-refractivity contribution is 6.14. The minimum absolute atomic E-state index is 0.0818. The van der Waals surface area contributed by atoms with Crippen molar-refractivity contribution in [3.05, 3.63) is 71.4 Å². The third-order valence-electron chi connectivity index (χ3n) is 5.37. The number of para-hydroxylation sites is 1. The van der Waals surface area contributed by atoms with Gasteiger partial charge in [0, 0.05) is 17.7 Å². The molecule has 1 atom stereocenters. The van der Waals surface area contributed by atoms with E-state index in [0.717, 1.165) is 12.1 Å². The first-order valence-corrected chi connectivity index (χ1v) is 8.78. The van der Waals surface area contributed by atoms with Crippen LogP contribution < -0.4 is 10.6 Å². The number of benzene rings is 2. The van der Waals surface area contributed by atoms with Gasteiger partial charge in [-0.05, 0) is 35.9 Å². The fourth-order valence-corrected chi connectivity index (χ4v) is 4.04. The Morgan fingerprint density at radius 1 is 0.966 bits per heavy atom. The van der Waals surface area contributed by atoms with E-state index in [1.807, 2.05) is 0 Å². The van der Waals surface area contributed by atoms with Crippen LogP contribution in [0.4, 0.5) is 24.7 Å². The molecule has 1 aromatic heterocycles. The highest BCUT2D eigenvalue weighted by Gasteiger charge is 2.54. The Balaban J connectivity index is 1.67. The zero-order valence-electron chi connectivity index (χ0n) is 14.7. The Kier molecular flexibility index (Phi) is 3.43. The second-order valence-corrected chi connectivity index (χ2v) is 6.99. The second kappa shape index (κ2) is 5.69. The lowest BCUT2D eigenvalue weighted by Crippen LogP contribution is -2.43. The summed E-state index contributed by atoms with van der Waals surface area (Å²) in [6.07, 6.45) is -3.05. The van der Waals surface area contributed by atoms with Gasteiger partial charge in [0.15, 0.2) is 0 Å². The zero-order chi connectivity index (χ0) is 20.4. The number of halogens is 3. The lowest BCUT2D eigenvalue weighted by molar-refractivity contribution is -0.137. The summed E-state index contributed by atoms with van der Waals surface area (Å²) >= 11 is 0. The molecular formula is C20H13F3N4O2. The van der Waals surface area contributed by atoms with Crippen LogP contribution in [0.25, 0.3) is 5.69 Å². The Hall–Kier alpha value is -3.62. The summed E-state index contributed by atoms with van der Waals surface area (Å²) in [5.74, 6) is -0.437. The Morgan fingerprint density at radius 2 is 1.69 bits per heavy atom. The van der Waals surface area contributed by atoms with Crippen LogP contribution in [0.2, 0.25) is 0 Å². The standard InChI is InChI=1S/C20H13F3N4O2/c21-20(22,23)11-5-7-12(8-6-11)27-17-14(10-24-27)19(9-16(28)26-17)13-3-1-2-4-15(13)25-18(19)29/h1-8,10H,9H2,(H,25,29)(H,26,28). The number of hydrogen-bond donors (Lipinski definition) is 2. The average Bonchev–Trinajstić information content (AvgIpc) is 3.22. The molecule has 5 rings (SSSR count). The molecule has 0 aliphatic carbocycles. The van der Waals surface area contributed by atoms with Gasteiger partial charge in [0.1, 0.15) is 11.2 Å². The van der Waals surface area contributed by atoms with Gasteiger partial charge in [-0.25, -0.2) is 4.68 Å². The molecule has 1 spiro atoms. The molecule has 2 amide bonds. The van der Waals surface area contributed by atoms with E-state index in [4.69, 9.17) is 0 Å². The molecule has 2 aliphatic heterocycles. The first kappa shape index (κ1) is 17.5. The van der Waals surface area contributed by atoms with Crippen molar-refractivity contribution in [2.24, 2.45) is 0 Å². The van der Waals surface area contributed by atoms with E-state index in [-0.39, 0.29) is 24.1 Å². The van der Waals surface area contributed by atoms with Gasteiger partial charge in [-0.2, -0.15) is 18.3 Å². The van der Waals surface area contributed by atoms with Gasteiger partial charge in [-0.3, -0.25) is 9.59 Å². The number of carbonyl (C=O) groups is 2. The van der Waals surface area contributed by atoms with E-state index in [0.29, 0.717) is 22.5 Å². The number of rotatable bonds is 1. The highest BCUT2D eigenvalue weighted by Crippen LogP contribution is 2.50. The van der Waals surface area contributed by atoms with Crippen LogP contribution in [0.15, 0.2) is 54.7 Å². The molecule has 29 heavy (non-hydrogen) atoms. The summed E-state index contributed by atoms with van der Waals surface area (Å²) in [6.45, 7) is 0. The van der Waals surface area contributed by atoms with Gasteiger partial charge in [0.25, 0.3) is 0 Å². The summed E-state index contributed by atoms with van der Waals surface area (Å²) in [4.78, 5) is 25.5. The number of carbonyl (C=O) groups excluding carboxylic acids is 2. The molecule has 3 aromatic rings. The second-order valence-electron chi connectivity index (χ2n) is 6.99. The third kappa shape index (κ3) is 2.40. The van der Waals surface area contributed by atoms with E-state index in [1.165, 1.54) is 23.0 Å². The van der Waals surface area contributed by atoms with Crippen molar-refractivity contribution in [1.82, 2.24) is 9.78 Å². The van der Waals surface area contributed by atoms with Crippen LogP contribution >= 0.6 is 0 Å². The third-order valence-corrected chi connectivity index (χ3v) is 5.37. The molecular weight excluding hydrogens is 385 g/mol. The molecule has 0 fully saturated rings. The maximum Gasteiger partial charge on any atom is 0.416 e. The van der Waals surface area contributed by atoms with Crippen molar-refractivity contribution in [3.63, 3.8) is 0 Å². The molecule has 1 unspecified atom stereocenters. The van der Waals surface area contributed by atoms with E-state index >= 15 is 0 Å². The SMILES string of the molecule is O=C1CC2(C(=O)Nc3ccccc32)c2cnn(-c3ccc(C(F)(F)F)cc3)c2N1. The number of nitrogens with one attached hydrogen (secondary N) is 2. The number of alkyl halides is 3. The number of fused-ring (bicyclic) bond motifs is 4. The lowest BCUT2D eigenvalue weighted by atomic mass is 9.72. The van der Waals surface area contributed by atoms with Crippen molar-refractivity contribution < 1.29 is 22.8 Å². The summed E-state index contributed by atoms with van der Waals surface area (Å²) in [5, 5.41) is 9.79. The minimum atomic E-state index is -4.45. The van der Waals surface area contributed by atoms with Crippen molar-refractivity contribution in [2.45, 2.75) is 18.0 Å². The van der Waals surface area contributed by atoms with Gasteiger partial charge in [-0.15, -0.1) is 0 Å². The van der Waals surface area contributed by atoms with Gasteiger partial charge < -0.3 is 10.6 Å². The fourth-order valence-electron chi connectivity index (χ4n) is 4.04. The van der Waals surface area contributed by atoms with Gasteiger partial charge in [0.2, 0.25) is 11.8 Å². The molecule has 0 radical (unpaired) electrons.